The van der Waals surface area contributed by atoms with E-state index >= 15 is 0 Å². The fraction of sp³-hybridized carbons (Fsp3) is 0.533. The molecular weight excluding hydrogens is 292 g/mol. The van der Waals surface area contributed by atoms with Gasteiger partial charge in [-0.05, 0) is 30.5 Å². The lowest BCUT2D eigenvalue weighted by Gasteiger charge is -2.15. The average molecular weight is 313 g/mol. The Morgan fingerprint density at radius 1 is 1.45 bits per heavy atom. The van der Waals surface area contributed by atoms with E-state index in [4.69, 9.17) is 4.74 Å². The normalized spacial score (nSPS) is 18.5. The first kappa shape index (κ1) is 16.5. The molecule has 1 unspecified atom stereocenters. The number of aliphatic imine (C=N–C) groups is 1. The summed E-state index contributed by atoms with van der Waals surface area (Å²) in [5, 5.41) is 6.32. The molecule has 0 amide bonds. The minimum Gasteiger partial charge on any atom is -0.435 e. The van der Waals surface area contributed by atoms with Crippen molar-refractivity contribution in [1.82, 2.24) is 10.6 Å². The van der Waals surface area contributed by atoms with E-state index in [0.29, 0.717) is 19.0 Å². The van der Waals surface area contributed by atoms with Crippen molar-refractivity contribution in [3.63, 3.8) is 0 Å². The van der Waals surface area contributed by atoms with Gasteiger partial charge < -0.3 is 20.1 Å². The van der Waals surface area contributed by atoms with Gasteiger partial charge in [0.15, 0.2) is 5.96 Å². The number of halogens is 2. The Bertz CT molecular complexity index is 491. The van der Waals surface area contributed by atoms with E-state index in [0.717, 1.165) is 25.0 Å². The second-order valence-corrected chi connectivity index (χ2v) is 4.97. The Labute approximate surface area is 128 Å². The molecule has 1 aromatic carbocycles. The number of hydrogen-bond acceptors (Lipinski definition) is 3. The second kappa shape index (κ2) is 8.53. The lowest BCUT2D eigenvalue weighted by Crippen LogP contribution is -2.40. The number of ether oxygens (including phenoxy) is 2. The summed E-state index contributed by atoms with van der Waals surface area (Å²) in [6.07, 6.45) is 2.37. The molecule has 1 atom stereocenters. The third-order valence-corrected chi connectivity index (χ3v) is 3.33. The largest absolute Gasteiger partial charge is 0.435 e. The first-order chi connectivity index (χ1) is 10.7. The van der Waals surface area contributed by atoms with Crippen LogP contribution in [0.15, 0.2) is 29.3 Å². The molecule has 1 aromatic rings. The third kappa shape index (κ3) is 5.48. The first-order valence-corrected chi connectivity index (χ1v) is 7.27. The molecule has 22 heavy (non-hydrogen) atoms. The van der Waals surface area contributed by atoms with Crippen LogP contribution in [0.2, 0.25) is 0 Å². The predicted molar refractivity (Wildman–Crippen MR) is 80.2 cm³/mol. The monoisotopic (exact) mass is 313 g/mol. The van der Waals surface area contributed by atoms with E-state index in [1.165, 1.54) is 6.07 Å². The van der Waals surface area contributed by atoms with Gasteiger partial charge in [-0.25, -0.2) is 0 Å². The molecule has 0 aliphatic carbocycles. The molecule has 2 rings (SSSR count). The molecule has 122 valence electrons. The molecule has 0 radical (unpaired) electrons. The molecule has 7 heteroatoms. The predicted octanol–water partition coefficient (Wildman–Crippen LogP) is 2.13. The second-order valence-electron chi connectivity index (χ2n) is 4.97. The maximum Gasteiger partial charge on any atom is 0.387 e. The molecular formula is C15H21F2N3O2. The van der Waals surface area contributed by atoms with Crippen LogP contribution in [0.3, 0.4) is 0 Å². The van der Waals surface area contributed by atoms with Crippen LogP contribution in [-0.2, 0) is 11.3 Å². The summed E-state index contributed by atoms with van der Waals surface area (Å²) >= 11 is 0. The standard InChI is InChI=1S/C15H21F2N3O2/c1-18-15(20-10-13-6-3-7-21-13)19-9-11-4-2-5-12(8-11)22-14(16)17/h2,4-5,8,13-14H,3,6-7,9-10H2,1H3,(H2,18,19,20). The summed E-state index contributed by atoms with van der Waals surface area (Å²) in [5.74, 6) is 0.798. The van der Waals surface area contributed by atoms with Crippen LogP contribution >= 0.6 is 0 Å². The summed E-state index contributed by atoms with van der Waals surface area (Å²) in [7, 11) is 1.68. The van der Waals surface area contributed by atoms with Crippen molar-refractivity contribution in [3.8, 4) is 5.75 Å². The highest BCUT2D eigenvalue weighted by atomic mass is 19.3. The molecule has 1 saturated heterocycles. The van der Waals surface area contributed by atoms with Crippen LogP contribution < -0.4 is 15.4 Å². The minimum atomic E-state index is -2.82. The summed E-state index contributed by atoms with van der Waals surface area (Å²) in [4.78, 5) is 4.12. The van der Waals surface area contributed by atoms with E-state index in [9.17, 15) is 8.78 Å². The van der Waals surface area contributed by atoms with Crippen molar-refractivity contribution < 1.29 is 18.3 Å². The summed E-state index contributed by atoms with van der Waals surface area (Å²) < 4.78 is 34.3. The molecule has 1 fully saturated rings. The van der Waals surface area contributed by atoms with Gasteiger partial charge in [-0.3, -0.25) is 4.99 Å². The number of benzene rings is 1. The van der Waals surface area contributed by atoms with Crippen molar-refractivity contribution in [3.05, 3.63) is 29.8 Å². The zero-order valence-corrected chi connectivity index (χ0v) is 12.5. The lowest BCUT2D eigenvalue weighted by molar-refractivity contribution is -0.0498. The molecule has 1 aliphatic rings. The SMILES string of the molecule is CN=C(NCc1cccc(OC(F)F)c1)NCC1CCCO1. The molecule has 1 heterocycles. The van der Waals surface area contributed by atoms with Gasteiger partial charge in [0.05, 0.1) is 6.10 Å². The lowest BCUT2D eigenvalue weighted by atomic mass is 10.2. The quantitative estimate of drug-likeness (QED) is 0.624. The Balaban J connectivity index is 1.79. The summed E-state index contributed by atoms with van der Waals surface area (Å²) in [6.45, 7) is -0.834. The van der Waals surface area contributed by atoms with Crippen LogP contribution in [0.4, 0.5) is 8.78 Å². The number of nitrogens with one attached hydrogen (secondary N) is 2. The Morgan fingerprint density at radius 3 is 3.00 bits per heavy atom. The number of hydrogen-bond donors (Lipinski definition) is 2. The van der Waals surface area contributed by atoms with Gasteiger partial charge in [-0.15, -0.1) is 0 Å². The van der Waals surface area contributed by atoms with Gasteiger partial charge in [0.2, 0.25) is 0 Å². The molecule has 0 aromatic heterocycles. The highest BCUT2D eigenvalue weighted by Gasteiger charge is 2.15. The van der Waals surface area contributed by atoms with Crippen molar-refractivity contribution >= 4 is 5.96 Å². The van der Waals surface area contributed by atoms with Gasteiger partial charge in [0.25, 0.3) is 0 Å². The van der Waals surface area contributed by atoms with Crippen LogP contribution in [0.25, 0.3) is 0 Å². The molecule has 0 saturated carbocycles. The van der Waals surface area contributed by atoms with Crippen molar-refractivity contribution in [2.24, 2.45) is 4.99 Å². The molecule has 2 N–H and O–H groups in total. The van der Waals surface area contributed by atoms with Gasteiger partial charge in [-0.1, -0.05) is 12.1 Å². The van der Waals surface area contributed by atoms with Crippen molar-refractivity contribution in [2.45, 2.75) is 32.1 Å². The van der Waals surface area contributed by atoms with E-state index in [1.807, 2.05) is 6.07 Å². The molecule has 5 nitrogen and oxygen atoms in total. The van der Waals surface area contributed by atoms with Crippen LogP contribution in [-0.4, -0.2) is 38.9 Å². The molecule has 0 spiro atoms. The maximum atomic E-state index is 12.2. The molecule has 0 bridgehead atoms. The zero-order chi connectivity index (χ0) is 15.8. The fourth-order valence-corrected chi connectivity index (χ4v) is 2.25. The minimum absolute atomic E-state index is 0.150. The summed E-state index contributed by atoms with van der Waals surface area (Å²) in [6, 6.07) is 6.59. The van der Waals surface area contributed by atoms with E-state index in [2.05, 4.69) is 20.4 Å². The van der Waals surface area contributed by atoms with Gasteiger partial charge in [0.1, 0.15) is 5.75 Å². The first-order valence-electron chi connectivity index (χ1n) is 7.27. The highest BCUT2D eigenvalue weighted by molar-refractivity contribution is 5.79. The highest BCUT2D eigenvalue weighted by Crippen LogP contribution is 2.15. The Morgan fingerprint density at radius 2 is 2.32 bits per heavy atom. The number of rotatable bonds is 6. The number of alkyl halides is 2. The zero-order valence-electron chi connectivity index (χ0n) is 12.5. The number of nitrogens with zero attached hydrogens (tertiary/aromatic N) is 1. The van der Waals surface area contributed by atoms with E-state index < -0.39 is 6.61 Å². The third-order valence-electron chi connectivity index (χ3n) is 3.33. The van der Waals surface area contributed by atoms with Crippen LogP contribution in [0.5, 0.6) is 5.75 Å². The van der Waals surface area contributed by atoms with Gasteiger partial charge in [-0.2, -0.15) is 8.78 Å². The van der Waals surface area contributed by atoms with Crippen LogP contribution in [0.1, 0.15) is 18.4 Å². The van der Waals surface area contributed by atoms with Crippen molar-refractivity contribution in [2.75, 3.05) is 20.2 Å². The topological polar surface area (TPSA) is 54.9 Å². The summed E-state index contributed by atoms with van der Waals surface area (Å²) in [5.41, 5.74) is 0.832. The fourth-order valence-electron chi connectivity index (χ4n) is 2.25. The Hall–Kier alpha value is -1.89. The van der Waals surface area contributed by atoms with Gasteiger partial charge >= 0.3 is 6.61 Å². The van der Waals surface area contributed by atoms with E-state index in [1.54, 1.807) is 19.2 Å². The maximum absolute atomic E-state index is 12.2. The van der Waals surface area contributed by atoms with Crippen molar-refractivity contribution in [1.29, 1.82) is 0 Å². The smallest absolute Gasteiger partial charge is 0.387 e. The van der Waals surface area contributed by atoms with Crippen LogP contribution in [0, 0.1) is 0 Å². The molecule has 1 aliphatic heterocycles. The van der Waals surface area contributed by atoms with Gasteiger partial charge in [0, 0.05) is 26.7 Å². The van der Waals surface area contributed by atoms with E-state index in [-0.39, 0.29) is 11.9 Å². The number of guanidine groups is 1. The average Bonchev–Trinajstić information content (AvgIpc) is 3.00. The Kier molecular flexibility index (Phi) is 6.39.